The van der Waals surface area contributed by atoms with E-state index in [4.69, 9.17) is 0 Å². The fourth-order valence-electron chi connectivity index (χ4n) is 2.87. The summed E-state index contributed by atoms with van der Waals surface area (Å²) in [6, 6.07) is 7.61. The second kappa shape index (κ2) is 9.21. The van der Waals surface area contributed by atoms with E-state index in [1.807, 2.05) is 0 Å². The van der Waals surface area contributed by atoms with Crippen molar-refractivity contribution in [1.29, 1.82) is 0 Å². The van der Waals surface area contributed by atoms with E-state index in [2.05, 4.69) is 5.32 Å². The average Bonchev–Trinajstić information content (AvgIpc) is 2.61. The number of amides is 1. The highest BCUT2D eigenvalue weighted by Gasteiger charge is 2.37. The summed E-state index contributed by atoms with van der Waals surface area (Å²) in [6.07, 6.45) is 2.14. The van der Waals surface area contributed by atoms with Gasteiger partial charge in [0.15, 0.2) is 0 Å². The number of thioether (sulfide) groups is 1. The molecule has 6 nitrogen and oxygen atoms in total. The first-order valence-corrected chi connectivity index (χ1v) is 11.5. The summed E-state index contributed by atoms with van der Waals surface area (Å²) in [6.45, 7) is 4.30. The van der Waals surface area contributed by atoms with Gasteiger partial charge in [-0.3, -0.25) is 4.79 Å². The zero-order valence-corrected chi connectivity index (χ0v) is 17.0. The molecule has 0 aromatic heterocycles. The lowest BCUT2D eigenvalue weighted by atomic mass is 10.0. The van der Waals surface area contributed by atoms with Crippen LogP contribution in [0.4, 0.5) is 0 Å². The summed E-state index contributed by atoms with van der Waals surface area (Å²) in [5.74, 6) is 1.02. The van der Waals surface area contributed by atoms with Crippen molar-refractivity contribution in [3.8, 4) is 0 Å². The van der Waals surface area contributed by atoms with Crippen molar-refractivity contribution in [3.63, 3.8) is 0 Å². The van der Waals surface area contributed by atoms with Crippen LogP contribution in [0.5, 0.6) is 0 Å². The molecule has 1 aromatic rings. The average molecular weight is 401 g/mol. The van der Waals surface area contributed by atoms with Gasteiger partial charge < -0.3 is 10.4 Å². The van der Waals surface area contributed by atoms with Crippen LogP contribution in [-0.2, 0) is 14.8 Å². The molecule has 1 aliphatic rings. The first-order chi connectivity index (χ1) is 12.2. The van der Waals surface area contributed by atoms with Gasteiger partial charge in [-0.2, -0.15) is 16.1 Å². The summed E-state index contributed by atoms with van der Waals surface area (Å²) in [5, 5.41) is 12.5. The quantitative estimate of drug-likeness (QED) is 0.651. The van der Waals surface area contributed by atoms with Crippen LogP contribution in [0.2, 0.25) is 0 Å². The largest absolute Gasteiger partial charge is 0.390 e. The SMILES string of the molecule is CC(C)(O)CSCCNC(=O)[C@H]1CCCCN1S(=O)(=O)c1ccccc1. The molecule has 8 heteroatoms. The third-order valence-corrected chi connectivity index (χ3v) is 7.43. The van der Waals surface area contributed by atoms with Gasteiger partial charge in [-0.25, -0.2) is 8.42 Å². The van der Waals surface area contributed by atoms with E-state index >= 15 is 0 Å². The summed E-state index contributed by atoms with van der Waals surface area (Å²) in [4.78, 5) is 12.8. The highest BCUT2D eigenvalue weighted by atomic mass is 32.2. The molecule has 1 aromatic carbocycles. The summed E-state index contributed by atoms with van der Waals surface area (Å²) in [7, 11) is -3.68. The highest BCUT2D eigenvalue weighted by Crippen LogP contribution is 2.25. The Bertz CT molecular complexity index is 687. The molecule has 2 N–H and O–H groups in total. The molecule has 1 amide bonds. The lowest BCUT2D eigenvalue weighted by molar-refractivity contribution is -0.125. The number of piperidine rings is 1. The fourth-order valence-corrected chi connectivity index (χ4v) is 5.44. The summed E-state index contributed by atoms with van der Waals surface area (Å²) < 4.78 is 27.1. The van der Waals surface area contributed by atoms with Crippen LogP contribution >= 0.6 is 11.8 Å². The van der Waals surface area contributed by atoms with Crippen LogP contribution in [0.25, 0.3) is 0 Å². The van der Waals surface area contributed by atoms with Crippen LogP contribution in [0.3, 0.4) is 0 Å². The van der Waals surface area contributed by atoms with Crippen molar-refractivity contribution >= 4 is 27.7 Å². The monoisotopic (exact) mass is 400 g/mol. The molecule has 1 atom stereocenters. The van der Waals surface area contributed by atoms with Gasteiger partial charge in [0.2, 0.25) is 15.9 Å². The summed E-state index contributed by atoms with van der Waals surface area (Å²) in [5.41, 5.74) is -0.737. The first-order valence-electron chi connectivity index (χ1n) is 8.86. The van der Waals surface area contributed by atoms with Crippen LogP contribution in [0, 0.1) is 0 Å². The van der Waals surface area contributed by atoms with Crippen molar-refractivity contribution < 1.29 is 18.3 Å². The lowest BCUT2D eigenvalue weighted by Crippen LogP contribution is -2.52. The van der Waals surface area contributed by atoms with Gasteiger partial charge in [-0.05, 0) is 38.8 Å². The molecule has 26 heavy (non-hydrogen) atoms. The zero-order valence-electron chi connectivity index (χ0n) is 15.3. The molecule has 0 bridgehead atoms. The zero-order chi connectivity index (χ0) is 19.2. The molecule has 0 aliphatic carbocycles. The molecule has 0 saturated carbocycles. The Morgan fingerprint density at radius 3 is 2.65 bits per heavy atom. The van der Waals surface area contributed by atoms with E-state index in [0.717, 1.165) is 12.8 Å². The van der Waals surface area contributed by atoms with Crippen molar-refractivity contribution in [1.82, 2.24) is 9.62 Å². The van der Waals surface area contributed by atoms with Crippen molar-refractivity contribution in [3.05, 3.63) is 30.3 Å². The maximum Gasteiger partial charge on any atom is 0.243 e. The van der Waals surface area contributed by atoms with Gasteiger partial charge in [-0.1, -0.05) is 24.6 Å². The van der Waals surface area contributed by atoms with Crippen molar-refractivity contribution in [2.24, 2.45) is 0 Å². The molecule has 1 saturated heterocycles. The molecule has 2 rings (SSSR count). The molecule has 146 valence electrons. The van der Waals surface area contributed by atoms with Crippen molar-refractivity contribution in [2.75, 3.05) is 24.6 Å². The van der Waals surface area contributed by atoms with E-state index < -0.39 is 21.7 Å². The second-order valence-corrected chi connectivity index (χ2v) is 10.1. The predicted octanol–water partition coefficient (Wildman–Crippen LogP) is 1.85. The molecule has 1 fully saturated rings. The lowest BCUT2D eigenvalue weighted by Gasteiger charge is -2.33. The number of aliphatic hydroxyl groups is 1. The molecule has 0 spiro atoms. The van der Waals surface area contributed by atoms with E-state index in [0.29, 0.717) is 31.0 Å². The number of hydrogen-bond donors (Lipinski definition) is 2. The Labute approximate surface area is 160 Å². The Morgan fingerprint density at radius 1 is 1.31 bits per heavy atom. The number of carbonyl (C=O) groups excluding carboxylic acids is 1. The first kappa shape index (κ1) is 21.2. The fraction of sp³-hybridized carbons (Fsp3) is 0.611. The van der Waals surface area contributed by atoms with Gasteiger partial charge in [-0.15, -0.1) is 0 Å². The number of carbonyl (C=O) groups is 1. The van der Waals surface area contributed by atoms with Crippen LogP contribution in [-0.4, -0.2) is 60.0 Å². The number of benzene rings is 1. The maximum atomic E-state index is 12.9. The van der Waals surface area contributed by atoms with Gasteiger partial charge in [0.1, 0.15) is 6.04 Å². The van der Waals surface area contributed by atoms with E-state index in [-0.39, 0.29) is 10.8 Å². The van der Waals surface area contributed by atoms with Crippen LogP contribution in [0.1, 0.15) is 33.1 Å². The third-order valence-electron chi connectivity index (χ3n) is 4.11. The Balaban J connectivity index is 1.96. The van der Waals surface area contributed by atoms with Gasteiger partial charge in [0.05, 0.1) is 10.5 Å². The highest BCUT2D eigenvalue weighted by molar-refractivity contribution is 7.99. The van der Waals surface area contributed by atoms with E-state index in [1.165, 1.54) is 4.31 Å². The molecule has 0 unspecified atom stereocenters. The number of rotatable bonds is 8. The number of hydrogen-bond acceptors (Lipinski definition) is 5. The number of nitrogens with zero attached hydrogens (tertiary/aromatic N) is 1. The van der Waals surface area contributed by atoms with Gasteiger partial charge >= 0.3 is 0 Å². The minimum Gasteiger partial charge on any atom is -0.390 e. The Kier molecular flexibility index (Phi) is 7.52. The third kappa shape index (κ3) is 5.97. The van der Waals surface area contributed by atoms with Crippen LogP contribution < -0.4 is 5.32 Å². The molecule has 0 radical (unpaired) electrons. The Hall–Kier alpha value is -1.09. The molecular formula is C18H28N2O4S2. The predicted molar refractivity (Wildman–Crippen MR) is 105 cm³/mol. The molecule has 1 aliphatic heterocycles. The topological polar surface area (TPSA) is 86.7 Å². The smallest absolute Gasteiger partial charge is 0.243 e. The second-order valence-electron chi connectivity index (χ2n) is 7.10. The van der Waals surface area contributed by atoms with Gasteiger partial charge in [0.25, 0.3) is 0 Å². The summed E-state index contributed by atoms with van der Waals surface area (Å²) >= 11 is 1.56. The van der Waals surface area contributed by atoms with E-state index in [1.54, 1.807) is 55.9 Å². The standard InChI is InChI=1S/C18H28N2O4S2/c1-18(2,22)14-25-13-11-19-17(21)16-10-6-7-12-20(16)26(23,24)15-8-4-3-5-9-15/h3-5,8-9,16,22H,6-7,10-14H2,1-2H3,(H,19,21)/t16-/m1/s1. The molecular weight excluding hydrogens is 372 g/mol. The minimum atomic E-state index is -3.68. The molecule has 1 heterocycles. The minimum absolute atomic E-state index is 0.223. The normalized spacial score (nSPS) is 19.3. The number of sulfonamides is 1. The Morgan fingerprint density at radius 2 is 2.00 bits per heavy atom. The van der Waals surface area contributed by atoms with Crippen LogP contribution in [0.15, 0.2) is 35.2 Å². The van der Waals surface area contributed by atoms with Crippen molar-refractivity contribution in [2.45, 2.75) is 49.6 Å². The van der Waals surface area contributed by atoms with E-state index in [9.17, 15) is 18.3 Å². The maximum absolute atomic E-state index is 12.9. The number of nitrogens with one attached hydrogen (secondary N) is 1. The van der Waals surface area contributed by atoms with Gasteiger partial charge in [0, 0.05) is 24.6 Å².